The minimum atomic E-state index is -0.768. The summed E-state index contributed by atoms with van der Waals surface area (Å²) in [5, 5.41) is 8.82. The van der Waals surface area contributed by atoms with Crippen LogP contribution in [-0.2, 0) is 24.1 Å². The number of carboxylic acid groups (broad SMARTS) is 1. The van der Waals surface area contributed by atoms with Gasteiger partial charge in [-0.3, -0.25) is 9.69 Å². The van der Waals surface area contributed by atoms with Crippen molar-refractivity contribution in [2.24, 2.45) is 0 Å². The Balaban J connectivity index is 1.37. The van der Waals surface area contributed by atoms with E-state index < -0.39 is 5.97 Å². The highest BCUT2D eigenvalue weighted by atomic mass is 16.5. The number of carboxylic acids is 1. The van der Waals surface area contributed by atoms with E-state index >= 15 is 0 Å². The molecular weight excluding hydrogens is 410 g/mol. The van der Waals surface area contributed by atoms with E-state index in [1.807, 2.05) is 24.3 Å². The highest BCUT2D eigenvalue weighted by molar-refractivity contribution is 5.67. The van der Waals surface area contributed by atoms with Crippen molar-refractivity contribution in [1.82, 2.24) is 4.90 Å². The lowest BCUT2D eigenvalue weighted by Gasteiger charge is -2.38. The molecule has 4 nitrogen and oxygen atoms in total. The molecule has 0 amide bonds. The van der Waals surface area contributed by atoms with Crippen LogP contribution < -0.4 is 4.74 Å². The minimum Gasteiger partial charge on any atom is -0.494 e. The van der Waals surface area contributed by atoms with Gasteiger partial charge in [0.25, 0.3) is 0 Å². The number of hydrogen-bond acceptors (Lipinski definition) is 3. The van der Waals surface area contributed by atoms with Crippen molar-refractivity contribution in [3.05, 3.63) is 101 Å². The second-order valence-electron chi connectivity index (χ2n) is 8.72. The maximum absolute atomic E-state index is 10.7. The van der Waals surface area contributed by atoms with Crippen molar-refractivity contribution < 1.29 is 14.6 Å². The van der Waals surface area contributed by atoms with Crippen molar-refractivity contribution in [2.75, 3.05) is 19.7 Å². The first-order valence-corrected chi connectivity index (χ1v) is 12.0. The summed E-state index contributed by atoms with van der Waals surface area (Å²) in [6, 6.07) is 26.0. The Hall–Kier alpha value is -3.11. The van der Waals surface area contributed by atoms with Gasteiger partial charge >= 0.3 is 5.97 Å². The van der Waals surface area contributed by atoms with Crippen LogP contribution in [0.1, 0.15) is 53.6 Å². The molecule has 4 rings (SSSR count). The molecule has 0 aliphatic carbocycles. The number of ether oxygens (including phenoxy) is 1. The van der Waals surface area contributed by atoms with Gasteiger partial charge in [-0.05, 0) is 65.6 Å². The molecule has 0 fully saturated rings. The maximum Gasteiger partial charge on any atom is 0.303 e. The van der Waals surface area contributed by atoms with Gasteiger partial charge in [0.1, 0.15) is 5.75 Å². The Morgan fingerprint density at radius 2 is 1.73 bits per heavy atom. The highest BCUT2D eigenvalue weighted by Crippen LogP contribution is 2.35. The third-order valence-electron chi connectivity index (χ3n) is 6.50. The van der Waals surface area contributed by atoms with E-state index in [2.05, 4.69) is 60.4 Å². The van der Waals surface area contributed by atoms with E-state index in [0.717, 1.165) is 43.7 Å². The molecule has 172 valence electrons. The van der Waals surface area contributed by atoms with Gasteiger partial charge < -0.3 is 9.84 Å². The monoisotopic (exact) mass is 443 g/mol. The SMILES string of the molecule is CCc1ccc(C2c3ccccc3CCN2CCCOc2ccc(CCC(=O)O)cc2)cc1. The Bertz CT molecular complexity index is 1040. The number of nitrogens with zero attached hydrogens (tertiary/aromatic N) is 1. The summed E-state index contributed by atoms with van der Waals surface area (Å²) in [5.41, 5.74) is 6.63. The number of aliphatic carboxylic acids is 1. The zero-order chi connectivity index (χ0) is 23.0. The van der Waals surface area contributed by atoms with Crippen molar-refractivity contribution in [1.29, 1.82) is 0 Å². The number of benzene rings is 3. The molecule has 33 heavy (non-hydrogen) atoms. The predicted molar refractivity (Wildman–Crippen MR) is 132 cm³/mol. The van der Waals surface area contributed by atoms with Crippen LogP contribution in [-0.4, -0.2) is 35.7 Å². The molecule has 0 spiro atoms. The Kier molecular flexibility index (Phi) is 7.79. The molecule has 0 saturated heterocycles. The van der Waals surface area contributed by atoms with Crippen LogP contribution in [0.3, 0.4) is 0 Å². The largest absolute Gasteiger partial charge is 0.494 e. The average molecular weight is 444 g/mol. The topological polar surface area (TPSA) is 49.8 Å². The summed E-state index contributed by atoms with van der Waals surface area (Å²) < 4.78 is 5.98. The lowest BCUT2D eigenvalue weighted by molar-refractivity contribution is -0.136. The molecule has 3 aromatic rings. The molecule has 1 atom stereocenters. The van der Waals surface area contributed by atoms with Gasteiger partial charge in [0.05, 0.1) is 12.6 Å². The Labute approximate surface area is 196 Å². The van der Waals surface area contributed by atoms with E-state index in [1.54, 1.807) is 0 Å². The molecule has 1 aliphatic rings. The normalized spacial score (nSPS) is 15.7. The average Bonchev–Trinajstić information content (AvgIpc) is 2.86. The van der Waals surface area contributed by atoms with Crippen LogP contribution >= 0.6 is 0 Å². The zero-order valence-electron chi connectivity index (χ0n) is 19.4. The fraction of sp³-hybridized carbons (Fsp3) is 0.345. The van der Waals surface area contributed by atoms with E-state index in [4.69, 9.17) is 9.84 Å². The molecule has 1 heterocycles. The van der Waals surface area contributed by atoms with E-state index in [9.17, 15) is 4.79 Å². The summed E-state index contributed by atoms with van der Waals surface area (Å²) in [7, 11) is 0. The van der Waals surface area contributed by atoms with Gasteiger partial charge in [-0.15, -0.1) is 0 Å². The summed E-state index contributed by atoms with van der Waals surface area (Å²) >= 11 is 0. The first-order chi connectivity index (χ1) is 16.1. The molecule has 0 aromatic heterocycles. The fourth-order valence-electron chi connectivity index (χ4n) is 4.65. The number of rotatable bonds is 10. The molecule has 3 aromatic carbocycles. The lowest BCUT2D eigenvalue weighted by atomic mass is 9.87. The van der Waals surface area contributed by atoms with Crippen LogP contribution in [0.2, 0.25) is 0 Å². The van der Waals surface area contributed by atoms with Gasteiger partial charge in [-0.2, -0.15) is 0 Å². The zero-order valence-corrected chi connectivity index (χ0v) is 19.4. The quantitative estimate of drug-likeness (QED) is 0.410. The van der Waals surface area contributed by atoms with E-state index in [1.165, 1.54) is 22.3 Å². The fourth-order valence-corrected chi connectivity index (χ4v) is 4.65. The van der Waals surface area contributed by atoms with E-state index in [-0.39, 0.29) is 12.5 Å². The van der Waals surface area contributed by atoms with Crippen molar-refractivity contribution in [2.45, 2.75) is 45.1 Å². The van der Waals surface area contributed by atoms with Gasteiger partial charge in [0, 0.05) is 19.5 Å². The van der Waals surface area contributed by atoms with Crippen LogP contribution in [0.25, 0.3) is 0 Å². The van der Waals surface area contributed by atoms with Crippen molar-refractivity contribution in [3.63, 3.8) is 0 Å². The Morgan fingerprint density at radius 3 is 2.45 bits per heavy atom. The summed E-state index contributed by atoms with van der Waals surface area (Å²) in [5.74, 6) is 0.0695. The van der Waals surface area contributed by atoms with Crippen LogP contribution in [0.5, 0.6) is 5.75 Å². The number of aryl methyl sites for hydroxylation is 2. The first-order valence-electron chi connectivity index (χ1n) is 12.0. The number of hydrogen-bond donors (Lipinski definition) is 1. The van der Waals surface area contributed by atoms with Gasteiger partial charge in [-0.25, -0.2) is 0 Å². The highest BCUT2D eigenvalue weighted by Gasteiger charge is 2.28. The van der Waals surface area contributed by atoms with Crippen LogP contribution in [0.4, 0.5) is 0 Å². The minimum absolute atomic E-state index is 0.154. The van der Waals surface area contributed by atoms with Crippen LogP contribution in [0, 0.1) is 0 Å². The Morgan fingerprint density at radius 1 is 1.00 bits per heavy atom. The maximum atomic E-state index is 10.7. The molecule has 1 aliphatic heterocycles. The molecule has 0 radical (unpaired) electrons. The second-order valence-corrected chi connectivity index (χ2v) is 8.72. The standard InChI is InChI=1S/C29H33NO3/c1-2-22-8-13-25(14-9-22)29-27-7-4-3-6-24(27)18-20-30(29)19-5-21-33-26-15-10-23(11-16-26)12-17-28(31)32/h3-4,6-11,13-16,29H,2,5,12,17-21H2,1H3,(H,31,32). The molecule has 0 saturated carbocycles. The predicted octanol–water partition coefficient (Wildman–Crippen LogP) is 5.68. The van der Waals surface area contributed by atoms with Crippen molar-refractivity contribution in [3.8, 4) is 5.75 Å². The summed E-state index contributed by atoms with van der Waals surface area (Å²) in [6.45, 7) is 4.88. The van der Waals surface area contributed by atoms with Gasteiger partial charge in [0.15, 0.2) is 0 Å². The molecule has 4 heteroatoms. The van der Waals surface area contributed by atoms with Gasteiger partial charge in [-0.1, -0.05) is 67.6 Å². The lowest BCUT2D eigenvalue weighted by Crippen LogP contribution is -2.37. The number of carbonyl (C=O) groups is 1. The number of fused-ring (bicyclic) bond motifs is 1. The van der Waals surface area contributed by atoms with E-state index in [0.29, 0.717) is 13.0 Å². The molecule has 1 unspecified atom stereocenters. The van der Waals surface area contributed by atoms with Crippen LogP contribution in [0.15, 0.2) is 72.8 Å². The smallest absolute Gasteiger partial charge is 0.303 e. The van der Waals surface area contributed by atoms with Gasteiger partial charge in [0.2, 0.25) is 0 Å². The summed E-state index contributed by atoms with van der Waals surface area (Å²) in [4.78, 5) is 13.3. The first kappa shape index (κ1) is 23.1. The van der Waals surface area contributed by atoms with Crippen molar-refractivity contribution >= 4 is 5.97 Å². The molecular formula is C29H33NO3. The molecule has 1 N–H and O–H groups in total. The third-order valence-corrected chi connectivity index (χ3v) is 6.50. The second kappa shape index (κ2) is 11.2. The molecule has 0 bridgehead atoms. The summed E-state index contributed by atoms with van der Waals surface area (Å²) in [6.07, 6.45) is 3.79. The third kappa shape index (κ3) is 6.02.